The fourth-order valence-electron chi connectivity index (χ4n) is 4.93. The maximum absolute atomic E-state index is 12.9. The van der Waals surface area contributed by atoms with E-state index < -0.39 is 22.1 Å². The molecule has 1 amide bonds. The van der Waals surface area contributed by atoms with Gasteiger partial charge in [0.15, 0.2) is 11.4 Å². The van der Waals surface area contributed by atoms with Crippen LogP contribution in [-0.4, -0.2) is 53.3 Å². The van der Waals surface area contributed by atoms with Gasteiger partial charge in [-0.2, -0.15) is 9.97 Å². The zero-order chi connectivity index (χ0) is 25.5. The third-order valence-electron chi connectivity index (χ3n) is 6.36. The molecule has 3 aromatic rings. The van der Waals surface area contributed by atoms with Crippen molar-refractivity contribution in [1.29, 1.82) is 0 Å². The van der Waals surface area contributed by atoms with E-state index >= 15 is 0 Å². The monoisotopic (exact) mass is 512 g/mol. The third kappa shape index (κ3) is 4.65. The first kappa shape index (κ1) is 24.8. The van der Waals surface area contributed by atoms with Gasteiger partial charge in [-0.1, -0.05) is 48.3 Å². The van der Waals surface area contributed by atoms with Gasteiger partial charge < -0.3 is 29.3 Å². The van der Waals surface area contributed by atoms with E-state index in [1.165, 1.54) is 25.1 Å². The Labute approximate surface area is 207 Å². The second-order valence-corrected chi connectivity index (χ2v) is 20.0. The summed E-state index contributed by atoms with van der Waals surface area (Å²) in [5.41, 5.74) is 2.61. The number of benzene rings is 1. The van der Waals surface area contributed by atoms with E-state index in [2.05, 4.69) is 65.8 Å². The summed E-state index contributed by atoms with van der Waals surface area (Å²) >= 11 is 0. The number of nitrogens with zero attached hydrogens (tertiary/aromatic N) is 2. The lowest BCUT2D eigenvalue weighted by atomic mass is 10.2. The maximum atomic E-state index is 12.9. The van der Waals surface area contributed by atoms with Gasteiger partial charge in [-0.3, -0.25) is 4.79 Å². The van der Waals surface area contributed by atoms with E-state index in [4.69, 9.17) is 18.6 Å². The molecule has 1 aliphatic rings. The van der Waals surface area contributed by atoms with Crippen molar-refractivity contribution in [3.8, 4) is 23.5 Å². The topological polar surface area (TPSA) is 108 Å². The van der Waals surface area contributed by atoms with Crippen molar-refractivity contribution in [2.45, 2.75) is 38.8 Å². The first-order valence-electron chi connectivity index (χ1n) is 11.4. The van der Waals surface area contributed by atoms with Gasteiger partial charge in [0.2, 0.25) is 17.7 Å². The van der Waals surface area contributed by atoms with Crippen LogP contribution in [0.2, 0.25) is 31.9 Å². The van der Waals surface area contributed by atoms with Crippen LogP contribution < -0.4 is 35.2 Å². The summed E-state index contributed by atoms with van der Waals surface area (Å²) in [7, 11) is 1.65. The Kier molecular flexibility index (Phi) is 6.41. The minimum absolute atomic E-state index is 0.0730. The summed E-state index contributed by atoms with van der Waals surface area (Å²) in [5.74, 6) is 1.18. The van der Waals surface area contributed by atoms with Crippen LogP contribution in [0.25, 0.3) is 0 Å². The van der Waals surface area contributed by atoms with Gasteiger partial charge in [-0.15, -0.1) is 0 Å². The van der Waals surface area contributed by atoms with Crippen molar-refractivity contribution in [3.05, 3.63) is 35.6 Å². The normalized spacial score (nSPS) is 15.3. The molecule has 0 saturated carbocycles. The highest BCUT2D eigenvalue weighted by atomic mass is 28.4. The standard InChI is InChI=1S/C24H32N4O5Si2/c1-14-11-17-18(35(7,8)13-34(17,5)6)12-16(14)33-19-10-9-15(32-19)21(29)26-20-22(30-3)27-24(25-2)28-23(20)31-4/h9-12H,13H2,1-8H3,(H,26,29)(H,25,27,28). The highest BCUT2D eigenvalue weighted by molar-refractivity contribution is 7.14. The molecular weight excluding hydrogens is 480 g/mol. The van der Waals surface area contributed by atoms with E-state index in [0.717, 1.165) is 11.3 Å². The Bertz CT molecular complexity index is 1260. The fraction of sp³-hybridized carbons (Fsp3) is 0.375. The molecule has 0 atom stereocenters. The lowest BCUT2D eigenvalue weighted by molar-refractivity contribution is 0.0990. The van der Waals surface area contributed by atoms with E-state index in [0.29, 0.717) is 5.95 Å². The molecule has 0 saturated heterocycles. The van der Waals surface area contributed by atoms with E-state index in [1.54, 1.807) is 24.4 Å². The van der Waals surface area contributed by atoms with Gasteiger partial charge in [-0.25, -0.2) is 0 Å². The summed E-state index contributed by atoms with van der Waals surface area (Å²) in [4.78, 5) is 21.3. The predicted octanol–water partition coefficient (Wildman–Crippen LogP) is 3.87. The number of hydrogen-bond donors (Lipinski definition) is 2. The number of methoxy groups -OCH3 is 2. The average molecular weight is 513 g/mol. The number of amides is 1. The van der Waals surface area contributed by atoms with Crippen LogP contribution in [-0.2, 0) is 0 Å². The average Bonchev–Trinajstić information content (AvgIpc) is 3.34. The summed E-state index contributed by atoms with van der Waals surface area (Å²) in [6.07, 6.45) is 0. The van der Waals surface area contributed by atoms with Gasteiger partial charge in [0, 0.05) is 13.1 Å². The van der Waals surface area contributed by atoms with Crippen molar-refractivity contribution < 1.29 is 23.4 Å². The van der Waals surface area contributed by atoms with Crippen LogP contribution in [0, 0.1) is 6.92 Å². The molecule has 0 spiro atoms. The third-order valence-corrected chi connectivity index (χ3v) is 17.4. The zero-order valence-electron chi connectivity index (χ0n) is 21.5. The number of rotatable bonds is 7. The number of anilines is 2. The summed E-state index contributed by atoms with van der Waals surface area (Å²) < 4.78 is 22.4. The molecule has 11 heteroatoms. The number of ether oxygens (including phenoxy) is 3. The molecule has 0 fully saturated rings. The van der Waals surface area contributed by atoms with Crippen molar-refractivity contribution in [2.24, 2.45) is 0 Å². The maximum Gasteiger partial charge on any atom is 0.291 e. The van der Waals surface area contributed by atoms with Crippen LogP contribution in [0.3, 0.4) is 0 Å². The second-order valence-electron chi connectivity index (χ2n) is 9.97. The van der Waals surface area contributed by atoms with Crippen molar-refractivity contribution in [1.82, 2.24) is 9.97 Å². The molecule has 186 valence electrons. The minimum atomic E-state index is -1.50. The van der Waals surface area contributed by atoms with Crippen molar-refractivity contribution in [2.75, 3.05) is 31.9 Å². The summed E-state index contributed by atoms with van der Waals surface area (Å²) in [5, 5.41) is 8.55. The molecule has 0 unspecified atom stereocenters. The number of aromatic nitrogens is 2. The van der Waals surface area contributed by atoms with Gasteiger partial charge in [0.05, 0.1) is 30.4 Å². The number of fused-ring (bicyclic) bond motifs is 1. The molecule has 0 aliphatic carbocycles. The van der Waals surface area contributed by atoms with Gasteiger partial charge in [0.25, 0.3) is 11.9 Å². The minimum Gasteiger partial charge on any atom is -0.479 e. The molecule has 2 N–H and O–H groups in total. The van der Waals surface area contributed by atoms with Crippen LogP contribution in [0.5, 0.6) is 23.5 Å². The van der Waals surface area contributed by atoms with Gasteiger partial charge >= 0.3 is 0 Å². The molecule has 1 aromatic carbocycles. The van der Waals surface area contributed by atoms with Crippen LogP contribution in [0.1, 0.15) is 16.1 Å². The molecule has 1 aliphatic heterocycles. The van der Waals surface area contributed by atoms with Gasteiger partial charge in [-0.05, 0) is 24.6 Å². The Balaban J connectivity index is 1.57. The Morgan fingerprint density at radius 1 is 1.00 bits per heavy atom. The molecule has 2 aromatic heterocycles. The Hall–Kier alpha value is -3.32. The molecule has 3 heterocycles. The smallest absolute Gasteiger partial charge is 0.291 e. The molecule has 4 rings (SSSR count). The number of carbonyl (C=O) groups is 1. The Morgan fingerprint density at radius 2 is 1.60 bits per heavy atom. The lowest BCUT2D eigenvalue weighted by Gasteiger charge is -2.19. The second kappa shape index (κ2) is 9.04. The SMILES string of the molecule is CNc1nc(OC)c(NC(=O)c2ccc(Oc3cc4c(cc3C)[Si](C)(C)C[Si]4(C)C)o2)c(OC)n1. The largest absolute Gasteiger partial charge is 0.479 e. The first-order valence-corrected chi connectivity index (χ1v) is 17.8. The van der Waals surface area contributed by atoms with E-state index in [9.17, 15) is 4.79 Å². The van der Waals surface area contributed by atoms with Crippen LogP contribution >= 0.6 is 0 Å². The highest BCUT2D eigenvalue weighted by Gasteiger charge is 2.45. The quantitative estimate of drug-likeness (QED) is 0.460. The first-order chi connectivity index (χ1) is 16.5. The number of aryl methyl sites for hydroxylation is 1. The van der Waals surface area contributed by atoms with Crippen LogP contribution in [0.4, 0.5) is 11.6 Å². The van der Waals surface area contributed by atoms with E-state index in [1.807, 2.05) is 0 Å². The number of carbonyl (C=O) groups excluding carboxylic acids is 1. The summed E-state index contributed by atoms with van der Waals surface area (Å²) in [6.45, 7) is 11.8. The fourth-order valence-corrected chi connectivity index (χ4v) is 20.1. The molecular formula is C24H32N4O5Si2. The molecule has 0 radical (unpaired) electrons. The lowest BCUT2D eigenvalue weighted by Crippen LogP contribution is -2.44. The number of hydrogen-bond acceptors (Lipinski definition) is 8. The van der Waals surface area contributed by atoms with Crippen molar-refractivity contribution >= 4 is 44.1 Å². The van der Waals surface area contributed by atoms with Crippen LogP contribution in [0.15, 0.2) is 28.7 Å². The molecule has 9 nitrogen and oxygen atoms in total. The molecule has 35 heavy (non-hydrogen) atoms. The Morgan fingerprint density at radius 3 is 2.17 bits per heavy atom. The molecule has 0 bridgehead atoms. The van der Waals surface area contributed by atoms with Gasteiger partial charge in [0.1, 0.15) is 5.75 Å². The number of furan rings is 1. The predicted molar refractivity (Wildman–Crippen MR) is 142 cm³/mol. The summed E-state index contributed by atoms with van der Waals surface area (Å²) in [6, 6.07) is 7.68. The number of nitrogens with one attached hydrogen (secondary N) is 2. The van der Waals surface area contributed by atoms with Crippen molar-refractivity contribution in [3.63, 3.8) is 0 Å². The highest BCUT2D eigenvalue weighted by Crippen LogP contribution is 2.34. The zero-order valence-corrected chi connectivity index (χ0v) is 23.5. The van der Waals surface area contributed by atoms with E-state index in [-0.39, 0.29) is 29.2 Å².